The van der Waals surface area contributed by atoms with Gasteiger partial charge in [0.1, 0.15) is 0 Å². The van der Waals surface area contributed by atoms with Gasteiger partial charge in [-0.1, -0.05) is 82.9 Å². The fourth-order valence-corrected chi connectivity index (χ4v) is 4.47. The summed E-state index contributed by atoms with van der Waals surface area (Å²) < 4.78 is 0. The van der Waals surface area contributed by atoms with Crippen LogP contribution in [0.5, 0.6) is 0 Å². The summed E-state index contributed by atoms with van der Waals surface area (Å²) in [7, 11) is 0. The quantitative estimate of drug-likeness (QED) is 0.0938. The van der Waals surface area contributed by atoms with Crippen molar-refractivity contribution in [3.63, 3.8) is 0 Å². The van der Waals surface area contributed by atoms with E-state index in [4.69, 9.17) is 10.1 Å². The molecule has 0 saturated heterocycles. The van der Waals surface area contributed by atoms with Crippen LogP contribution in [-0.2, 0) is 24.9 Å². The normalized spacial score (nSPS) is 11.4. The number of hydrogen-bond acceptors (Lipinski definition) is 3. The third kappa shape index (κ3) is 4.31. The first-order chi connectivity index (χ1) is 16.0. The van der Waals surface area contributed by atoms with Crippen LogP contribution in [0.25, 0.3) is 54.3 Å². The molecule has 0 unspecified atom stereocenters. The van der Waals surface area contributed by atoms with Gasteiger partial charge < -0.3 is 10.1 Å². The van der Waals surface area contributed by atoms with Crippen LogP contribution < -0.4 is 0 Å². The van der Waals surface area contributed by atoms with Crippen molar-refractivity contribution in [3.05, 3.63) is 103 Å². The number of nitrogens with zero attached hydrogens (tertiary/aromatic N) is 1. The molecule has 4 heteroatoms. The second-order valence-electron chi connectivity index (χ2n) is 8.16. The van der Waals surface area contributed by atoms with E-state index < -0.39 is 0 Å². The fraction of sp³-hybridized carbons (Fsp3) is 0.0667. The van der Waals surface area contributed by atoms with Gasteiger partial charge >= 0.3 is 0 Å². The van der Waals surface area contributed by atoms with E-state index in [-0.39, 0.29) is 31.6 Å². The molecule has 6 rings (SSSR count). The number of aromatic nitrogens is 1. The van der Waals surface area contributed by atoms with Gasteiger partial charge in [-0.25, -0.2) is 0 Å². The van der Waals surface area contributed by atoms with Crippen LogP contribution in [0.1, 0.15) is 13.8 Å². The Labute approximate surface area is 211 Å². The molecule has 0 aliphatic heterocycles. The predicted molar refractivity (Wildman–Crippen MR) is 137 cm³/mol. The van der Waals surface area contributed by atoms with Gasteiger partial charge in [-0.05, 0) is 52.5 Å². The Kier molecular flexibility index (Phi) is 6.74. The monoisotopic (exact) mass is 621 g/mol. The molecule has 0 aliphatic rings. The van der Waals surface area contributed by atoms with Gasteiger partial charge in [0.2, 0.25) is 0 Å². The standard InChI is InChI=1S/C25H14N.C5H8O2.Ir/c1-2-7-20-16(4-1)14-15-26-25(20)22-13-11-19-9-8-17-5-3-6-18-10-12-21(22)24(19)23(17)18;1-4(6)3-5(2)7;/h1-12,14-15H;3,6H,1-2H3;/q-1;;/b;4-3-;. The topological polar surface area (TPSA) is 50.2 Å². The second kappa shape index (κ2) is 9.72. The van der Waals surface area contributed by atoms with Gasteiger partial charge in [0, 0.05) is 32.4 Å². The van der Waals surface area contributed by atoms with Crippen molar-refractivity contribution in [2.75, 3.05) is 0 Å². The number of carbonyl (C=O) groups is 1. The Hall–Kier alpha value is -3.59. The van der Waals surface area contributed by atoms with E-state index in [1.807, 2.05) is 6.20 Å². The maximum Gasteiger partial charge on any atom is 0.155 e. The molecular formula is C30H22IrNO2-. The largest absolute Gasteiger partial charge is 0.512 e. The first-order valence-corrected chi connectivity index (χ1v) is 10.8. The number of pyridine rings is 1. The predicted octanol–water partition coefficient (Wildman–Crippen LogP) is 7.63. The zero-order chi connectivity index (χ0) is 22.9. The van der Waals surface area contributed by atoms with Gasteiger partial charge in [0.15, 0.2) is 5.78 Å². The summed E-state index contributed by atoms with van der Waals surface area (Å²) in [5.41, 5.74) is 2.08. The number of fused-ring (bicyclic) bond motifs is 1. The summed E-state index contributed by atoms with van der Waals surface area (Å²) in [5, 5.41) is 18.4. The van der Waals surface area contributed by atoms with Crippen molar-refractivity contribution >= 4 is 48.9 Å². The van der Waals surface area contributed by atoms with Crippen molar-refractivity contribution in [1.82, 2.24) is 4.98 Å². The number of aliphatic hydroxyl groups is 1. The van der Waals surface area contributed by atoms with Crippen molar-refractivity contribution in [2.24, 2.45) is 0 Å². The molecule has 0 aliphatic carbocycles. The molecule has 1 N–H and O–H groups in total. The average molecular weight is 621 g/mol. The van der Waals surface area contributed by atoms with E-state index in [1.165, 1.54) is 63.0 Å². The maximum atomic E-state index is 10.0. The van der Waals surface area contributed by atoms with E-state index in [0.717, 1.165) is 11.3 Å². The van der Waals surface area contributed by atoms with Crippen molar-refractivity contribution in [3.8, 4) is 11.3 Å². The molecule has 0 atom stereocenters. The minimum Gasteiger partial charge on any atom is -0.512 e. The number of carbonyl (C=O) groups excluding carboxylic acids is 1. The number of allylic oxidation sites excluding steroid dienone is 2. The molecule has 6 aromatic rings. The summed E-state index contributed by atoms with van der Waals surface area (Å²) in [6, 6.07) is 31.4. The Morgan fingerprint density at radius 3 is 2.18 bits per heavy atom. The van der Waals surface area contributed by atoms with Crippen LogP contribution >= 0.6 is 0 Å². The summed E-state index contributed by atoms with van der Waals surface area (Å²) in [5.74, 6) is -0.0625. The number of ketones is 1. The molecule has 169 valence electrons. The van der Waals surface area contributed by atoms with Crippen LogP contribution in [0.15, 0.2) is 96.9 Å². The van der Waals surface area contributed by atoms with Crippen molar-refractivity contribution < 1.29 is 30.0 Å². The number of hydrogen-bond donors (Lipinski definition) is 1. The third-order valence-electron chi connectivity index (χ3n) is 5.77. The molecule has 3 nitrogen and oxygen atoms in total. The molecule has 0 spiro atoms. The maximum absolute atomic E-state index is 10.0. The summed E-state index contributed by atoms with van der Waals surface area (Å²) in [6.07, 6.45) is 3.06. The van der Waals surface area contributed by atoms with Crippen LogP contribution in [0.2, 0.25) is 0 Å². The van der Waals surface area contributed by atoms with Crippen LogP contribution in [0.4, 0.5) is 0 Å². The SMILES string of the molecule is CC(=O)/C=C(/C)O.[Ir].[c-]1cc2ccc3cccc4ccc(c1-c1nccc5ccccc15)c2c34. The minimum atomic E-state index is -0.125. The third-order valence-corrected chi connectivity index (χ3v) is 5.77. The van der Waals surface area contributed by atoms with Crippen LogP contribution in [-0.4, -0.2) is 15.9 Å². The number of rotatable bonds is 2. The number of benzene rings is 5. The summed E-state index contributed by atoms with van der Waals surface area (Å²) in [6.45, 7) is 2.85. The van der Waals surface area contributed by atoms with E-state index in [0.29, 0.717) is 0 Å². The Morgan fingerprint density at radius 2 is 1.47 bits per heavy atom. The van der Waals surface area contributed by atoms with Crippen molar-refractivity contribution in [1.29, 1.82) is 0 Å². The van der Waals surface area contributed by atoms with Gasteiger partial charge in [-0.3, -0.25) is 4.79 Å². The molecule has 5 aromatic carbocycles. The average Bonchev–Trinajstić information content (AvgIpc) is 2.82. The minimum absolute atomic E-state index is 0. The molecule has 0 amide bonds. The van der Waals surface area contributed by atoms with Gasteiger partial charge in [-0.2, -0.15) is 0 Å². The van der Waals surface area contributed by atoms with Crippen LogP contribution in [0, 0.1) is 6.07 Å². The molecule has 0 bridgehead atoms. The molecule has 34 heavy (non-hydrogen) atoms. The van der Waals surface area contributed by atoms with E-state index in [1.54, 1.807) is 0 Å². The molecule has 1 aromatic heterocycles. The molecular weight excluding hydrogens is 599 g/mol. The fourth-order valence-electron chi connectivity index (χ4n) is 4.47. The summed E-state index contributed by atoms with van der Waals surface area (Å²) >= 11 is 0. The van der Waals surface area contributed by atoms with Gasteiger partial charge in [0.25, 0.3) is 0 Å². The van der Waals surface area contributed by atoms with Crippen molar-refractivity contribution in [2.45, 2.75) is 13.8 Å². The zero-order valence-corrected chi connectivity index (χ0v) is 21.2. The van der Waals surface area contributed by atoms with E-state index in [9.17, 15) is 4.79 Å². The summed E-state index contributed by atoms with van der Waals surface area (Å²) in [4.78, 5) is 14.7. The Bertz CT molecular complexity index is 1640. The first-order valence-electron chi connectivity index (χ1n) is 10.8. The van der Waals surface area contributed by atoms with Gasteiger partial charge in [0.05, 0.1) is 5.76 Å². The molecule has 0 saturated carbocycles. The smallest absolute Gasteiger partial charge is 0.155 e. The van der Waals surface area contributed by atoms with E-state index in [2.05, 4.69) is 84.9 Å². The van der Waals surface area contributed by atoms with Gasteiger partial charge in [-0.15, -0.1) is 17.7 Å². The Balaban J connectivity index is 0.000000303. The number of aliphatic hydroxyl groups excluding tert-OH is 1. The molecule has 0 fully saturated rings. The van der Waals surface area contributed by atoms with Crippen LogP contribution in [0.3, 0.4) is 0 Å². The second-order valence-corrected chi connectivity index (χ2v) is 8.16. The Morgan fingerprint density at radius 1 is 0.794 bits per heavy atom. The molecule has 1 radical (unpaired) electrons. The first kappa shape index (κ1) is 23.6. The molecule has 1 heterocycles. The zero-order valence-electron chi connectivity index (χ0n) is 18.8. The van der Waals surface area contributed by atoms with E-state index >= 15 is 0 Å².